The maximum absolute atomic E-state index is 12.2. The van der Waals surface area contributed by atoms with Gasteiger partial charge in [-0.3, -0.25) is 4.79 Å². The van der Waals surface area contributed by atoms with Gasteiger partial charge < -0.3 is 14.3 Å². The van der Waals surface area contributed by atoms with E-state index < -0.39 is 5.41 Å². The summed E-state index contributed by atoms with van der Waals surface area (Å²) in [5, 5.41) is 0. The number of ether oxygens (including phenoxy) is 2. The Morgan fingerprint density at radius 3 is 2.43 bits per heavy atom. The molecule has 0 aromatic heterocycles. The van der Waals surface area contributed by atoms with Crippen LogP contribution >= 0.6 is 0 Å². The number of aryl methyl sites for hydroxylation is 2. The molecule has 1 aliphatic carbocycles. The smallest absolute Gasteiger partial charge is 0.316 e. The average Bonchev–Trinajstić information content (AvgIpc) is 2.71. The molecule has 0 saturated carbocycles. The molecule has 4 nitrogen and oxygen atoms in total. The Labute approximate surface area is 179 Å². The molecule has 160 valence electrons. The van der Waals surface area contributed by atoms with Gasteiger partial charge >= 0.3 is 5.97 Å². The Hall–Kier alpha value is -2.62. The van der Waals surface area contributed by atoms with Crippen LogP contribution in [0.3, 0.4) is 0 Å². The van der Waals surface area contributed by atoms with Gasteiger partial charge in [0.2, 0.25) is 0 Å². The third-order valence-electron chi connectivity index (χ3n) is 5.77. The molecule has 4 heteroatoms. The van der Waals surface area contributed by atoms with Crippen LogP contribution in [-0.2, 0) is 28.9 Å². The highest BCUT2D eigenvalue weighted by Crippen LogP contribution is 2.37. The standard InChI is InChI=1S/C26H32O4/c1-17(27)6-7-21-16-22(29-5)12-13-24(21)20-9-8-19-15-23(11-10-18(19)14-20)30-25(28)26(2,3)4/h10-13,15-16,20H,6-9,14H2,1-5H3/t20-/m0/s1. The zero-order valence-corrected chi connectivity index (χ0v) is 18.7. The molecular formula is C26H32O4. The molecule has 0 N–H and O–H groups in total. The highest BCUT2D eigenvalue weighted by molar-refractivity contribution is 5.78. The molecule has 0 fully saturated rings. The molecule has 0 unspecified atom stereocenters. The number of methoxy groups -OCH3 is 1. The first kappa shape index (κ1) is 22.1. The van der Waals surface area contributed by atoms with Gasteiger partial charge in [-0.1, -0.05) is 12.1 Å². The Bertz CT molecular complexity index is 937. The number of hydrogen-bond donors (Lipinski definition) is 0. The van der Waals surface area contributed by atoms with Crippen molar-refractivity contribution in [1.82, 2.24) is 0 Å². The highest BCUT2D eigenvalue weighted by Gasteiger charge is 2.26. The van der Waals surface area contributed by atoms with Gasteiger partial charge in [0.05, 0.1) is 12.5 Å². The summed E-state index contributed by atoms with van der Waals surface area (Å²) in [5.41, 5.74) is 4.55. The lowest BCUT2D eigenvalue weighted by molar-refractivity contribution is -0.143. The molecule has 1 aliphatic rings. The fourth-order valence-corrected chi connectivity index (χ4v) is 3.96. The number of ketones is 1. The summed E-state index contributed by atoms with van der Waals surface area (Å²) >= 11 is 0. The fraction of sp³-hybridized carbons (Fsp3) is 0.462. The predicted molar refractivity (Wildman–Crippen MR) is 118 cm³/mol. The lowest BCUT2D eigenvalue weighted by Crippen LogP contribution is -2.25. The SMILES string of the molecule is COc1ccc([C@H]2CCc3cc(OC(=O)C(C)(C)C)ccc3C2)c(CCC(C)=O)c1. The van der Waals surface area contributed by atoms with Crippen LogP contribution in [0, 0.1) is 5.41 Å². The summed E-state index contributed by atoms with van der Waals surface area (Å²) < 4.78 is 11.0. The van der Waals surface area contributed by atoms with Gasteiger partial charge in [0, 0.05) is 6.42 Å². The molecule has 30 heavy (non-hydrogen) atoms. The number of rotatable bonds is 6. The van der Waals surface area contributed by atoms with Crippen LogP contribution in [-0.4, -0.2) is 18.9 Å². The molecule has 1 atom stereocenters. The number of hydrogen-bond acceptors (Lipinski definition) is 4. The van der Waals surface area contributed by atoms with Gasteiger partial charge in [-0.25, -0.2) is 0 Å². The molecule has 2 aromatic rings. The van der Waals surface area contributed by atoms with Crippen LogP contribution in [0.4, 0.5) is 0 Å². The minimum Gasteiger partial charge on any atom is -0.497 e. The molecule has 2 aromatic carbocycles. The summed E-state index contributed by atoms with van der Waals surface area (Å²) in [6, 6.07) is 12.2. The van der Waals surface area contributed by atoms with Gasteiger partial charge in [0.15, 0.2) is 0 Å². The van der Waals surface area contributed by atoms with Gasteiger partial charge in [0.25, 0.3) is 0 Å². The topological polar surface area (TPSA) is 52.6 Å². The number of fused-ring (bicyclic) bond motifs is 1. The summed E-state index contributed by atoms with van der Waals surface area (Å²) in [7, 11) is 1.67. The zero-order valence-electron chi connectivity index (χ0n) is 18.7. The van der Waals surface area contributed by atoms with Crippen LogP contribution in [0.15, 0.2) is 36.4 Å². The first-order valence-corrected chi connectivity index (χ1v) is 10.7. The Morgan fingerprint density at radius 1 is 1.03 bits per heavy atom. The molecule has 0 amide bonds. The van der Waals surface area contributed by atoms with E-state index in [-0.39, 0.29) is 11.8 Å². The summed E-state index contributed by atoms with van der Waals surface area (Å²) in [4.78, 5) is 23.7. The second-order valence-corrected chi connectivity index (χ2v) is 9.28. The number of carbonyl (C=O) groups is 2. The first-order chi connectivity index (χ1) is 14.2. The van der Waals surface area contributed by atoms with Gasteiger partial charge in [0.1, 0.15) is 17.3 Å². The molecular weight excluding hydrogens is 376 g/mol. The summed E-state index contributed by atoms with van der Waals surface area (Å²) in [6.45, 7) is 7.21. The lowest BCUT2D eigenvalue weighted by Gasteiger charge is -2.27. The van der Waals surface area contributed by atoms with Crippen LogP contribution in [0.2, 0.25) is 0 Å². The fourth-order valence-electron chi connectivity index (χ4n) is 3.96. The van der Waals surface area contributed by atoms with E-state index in [0.717, 1.165) is 31.4 Å². The van der Waals surface area contributed by atoms with Gasteiger partial charge in [-0.15, -0.1) is 0 Å². The number of esters is 1. The van der Waals surface area contributed by atoms with Crippen LogP contribution in [0.1, 0.15) is 68.7 Å². The number of benzene rings is 2. The van der Waals surface area contributed by atoms with Gasteiger partial charge in [-0.2, -0.15) is 0 Å². The molecule has 3 rings (SSSR count). The van der Waals surface area contributed by atoms with Crippen molar-refractivity contribution in [2.75, 3.05) is 7.11 Å². The Kier molecular flexibility index (Phi) is 6.64. The zero-order chi connectivity index (χ0) is 21.9. The van der Waals surface area contributed by atoms with Crippen molar-refractivity contribution < 1.29 is 19.1 Å². The van der Waals surface area contributed by atoms with Crippen molar-refractivity contribution >= 4 is 11.8 Å². The Morgan fingerprint density at radius 2 is 1.77 bits per heavy atom. The second-order valence-electron chi connectivity index (χ2n) is 9.28. The van der Waals surface area contributed by atoms with Crippen molar-refractivity contribution in [1.29, 1.82) is 0 Å². The van der Waals surface area contributed by atoms with E-state index in [1.807, 2.05) is 39.0 Å². The quantitative estimate of drug-likeness (QED) is 0.472. The van der Waals surface area contributed by atoms with E-state index >= 15 is 0 Å². The summed E-state index contributed by atoms with van der Waals surface area (Å²) in [6.07, 6.45) is 4.21. The Balaban J connectivity index is 1.79. The minimum atomic E-state index is -0.522. The highest BCUT2D eigenvalue weighted by atomic mass is 16.5. The minimum absolute atomic E-state index is 0.204. The first-order valence-electron chi connectivity index (χ1n) is 10.7. The van der Waals surface area contributed by atoms with E-state index in [2.05, 4.69) is 18.2 Å². The summed E-state index contributed by atoms with van der Waals surface area (Å²) in [5.74, 6) is 1.85. The van der Waals surface area contributed by atoms with Crippen LogP contribution in [0.5, 0.6) is 11.5 Å². The van der Waals surface area contributed by atoms with Crippen molar-refractivity contribution in [2.45, 2.75) is 65.7 Å². The van der Waals surface area contributed by atoms with E-state index in [1.54, 1.807) is 14.0 Å². The molecule has 0 radical (unpaired) electrons. The lowest BCUT2D eigenvalue weighted by atomic mass is 9.78. The average molecular weight is 409 g/mol. The number of carbonyl (C=O) groups excluding carboxylic acids is 2. The third-order valence-corrected chi connectivity index (χ3v) is 5.77. The normalized spacial score (nSPS) is 16.0. The van der Waals surface area contributed by atoms with Gasteiger partial charge in [-0.05, 0) is 106 Å². The van der Waals surface area contributed by atoms with E-state index in [1.165, 1.54) is 22.3 Å². The number of Topliss-reactive ketones (excluding diaryl/α,β-unsaturated/α-hetero) is 1. The van der Waals surface area contributed by atoms with Crippen molar-refractivity contribution in [3.63, 3.8) is 0 Å². The van der Waals surface area contributed by atoms with E-state index in [9.17, 15) is 9.59 Å². The molecule has 0 bridgehead atoms. The van der Waals surface area contributed by atoms with E-state index in [0.29, 0.717) is 18.1 Å². The monoisotopic (exact) mass is 408 g/mol. The maximum atomic E-state index is 12.2. The molecule has 0 spiro atoms. The molecule has 0 saturated heterocycles. The van der Waals surface area contributed by atoms with Crippen LogP contribution < -0.4 is 9.47 Å². The largest absolute Gasteiger partial charge is 0.497 e. The molecule has 0 aliphatic heterocycles. The van der Waals surface area contributed by atoms with Crippen molar-refractivity contribution in [2.24, 2.45) is 5.41 Å². The van der Waals surface area contributed by atoms with Crippen molar-refractivity contribution in [3.05, 3.63) is 58.7 Å². The van der Waals surface area contributed by atoms with E-state index in [4.69, 9.17) is 9.47 Å². The molecule has 0 heterocycles. The van der Waals surface area contributed by atoms with Crippen LogP contribution in [0.25, 0.3) is 0 Å². The second kappa shape index (κ2) is 9.03. The maximum Gasteiger partial charge on any atom is 0.316 e. The predicted octanol–water partition coefficient (Wildman–Crippen LogP) is 5.44. The third kappa shape index (κ3) is 5.29. The van der Waals surface area contributed by atoms with Crippen molar-refractivity contribution in [3.8, 4) is 11.5 Å².